The highest BCUT2D eigenvalue weighted by molar-refractivity contribution is 5.97. The van der Waals surface area contributed by atoms with Gasteiger partial charge in [0.1, 0.15) is 6.04 Å². The Morgan fingerprint density at radius 3 is 2.29 bits per heavy atom. The molecule has 0 radical (unpaired) electrons. The summed E-state index contributed by atoms with van der Waals surface area (Å²) in [6, 6.07) is 7.33. The van der Waals surface area contributed by atoms with E-state index in [1.165, 1.54) is 7.11 Å². The molecule has 21 heavy (non-hydrogen) atoms. The molecule has 114 valence electrons. The molecule has 1 amide bonds. The molecular weight excluding hydrogens is 274 g/mol. The summed E-state index contributed by atoms with van der Waals surface area (Å²) in [6.45, 7) is 3.37. The van der Waals surface area contributed by atoms with Crippen LogP contribution in [0.2, 0.25) is 0 Å². The summed E-state index contributed by atoms with van der Waals surface area (Å²) in [4.78, 5) is 35.3. The first-order valence-corrected chi connectivity index (χ1v) is 6.57. The minimum absolute atomic E-state index is 0.277. The lowest BCUT2D eigenvalue weighted by Crippen LogP contribution is -2.44. The van der Waals surface area contributed by atoms with Crippen LogP contribution in [-0.2, 0) is 19.1 Å². The van der Waals surface area contributed by atoms with Gasteiger partial charge in [0, 0.05) is 5.56 Å². The van der Waals surface area contributed by atoms with Gasteiger partial charge >= 0.3 is 11.9 Å². The van der Waals surface area contributed by atoms with Gasteiger partial charge in [-0.25, -0.2) is 4.79 Å². The van der Waals surface area contributed by atoms with Crippen molar-refractivity contribution in [1.29, 1.82) is 0 Å². The van der Waals surface area contributed by atoms with Crippen molar-refractivity contribution in [3.05, 3.63) is 35.9 Å². The Hall–Kier alpha value is -2.37. The highest BCUT2D eigenvalue weighted by Crippen LogP contribution is 2.04. The zero-order valence-electron chi connectivity index (χ0n) is 12.3. The Morgan fingerprint density at radius 2 is 1.76 bits per heavy atom. The van der Waals surface area contributed by atoms with Gasteiger partial charge in [0.25, 0.3) is 5.91 Å². The molecule has 0 fully saturated rings. The van der Waals surface area contributed by atoms with Gasteiger partial charge in [-0.15, -0.1) is 0 Å². The predicted octanol–water partition coefficient (Wildman–Crippen LogP) is 1.30. The zero-order valence-corrected chi connectivity index (χ0v) is 12.3. The van der Waals surface area contributed by atoms with E-state index in [0.717, 1.165) is 0 Å². The Labute approximate surface area is 123 Å². The molecule has 0 heterocycles. The van der Waals surface area contributed by atoms with E-state index in [1.807, 2.05) is 0 Å². The molecule has 0 saturated carbocycles. The number of nitrogens with one attached hydrogen (secondary N) is 1. The Balaban J connectivity index is 2.79. The first kappa shape index (κ1) is 16.7. The SMILES string of the molecule is COC(=O)C[C@H](NC(=O)c1ccccc1)C(=O)OC(C)C. The van der Waals surface area contributed by atoms with Crippen LogP contribution in [0.1, 0.15) is 30.6 Å². The van der Waals surface area contributed by atoms with Crippen molar-refractivity contribution < 1.29 is 23.9 Å². The molecule has 0 bridgehead atoms. The number of hydrogen-bond acceptors (Lipinski definition) is 5. The number of rotatable bonds is 6. The number of amides is 1. The molecule has 1 aromatic rings. The van der Waals surface area contributed by atoms with Crippen molar-refractivity contribution in [3.63, 3.8) is 0 Å². The van der Waals surface area contributed by atoms with E-state index in [4.69, 9.17) is 4.74 Å². The molecule has 0 spiro atoms. The van der Waals surface area contributed by atoms with E-state index in [2.05, 4.69) is 10.1 Å². The Kier molecular flexibility index (Phi) is 6.39. The predicted molar refractivity (Wildman–Crippen MR) is 75.6 cm³/mol. The number of carbonyl (C=O) groups is 3. The maximum absolute atomic E-state index is 12.0. The van der Waals surface area contributed by atoms with Crippen LogP contribution in [0.25, 0.3) is 0 Å². The lowest BCUT2D eigenvalue weighted by molar-refractivity contribution is -0.154. The normalized spacial score (nSPS) is 11.6. The van der Waals surface area contributed by atoms with Crippen molar-refractivity contribution >= 4 is 17.8 Å². The van der Waals surface area contributed by atoms with Gasteiger partial charge < -0.3 is 14.8 Å². The molecule has 0 aliphatic carbocycles. The second-order valence-electron chi connectivity index (χ2n) is 4.66. The van der Waals surface area contributed by atoms with Crippen molar-refractivity contribution in [3.8, 4) is 0 Å². The fraction of sp³-hybridized carbons (Fsp3) is 0.400. The van der Waals surface area contributed by atoms with Gasteiger partial charge in [0.2, 0.25) is 0 Å². The summed E-state index contributed by atoms with van der Waals surface area (Å²) in [5, 5.41) is 2.49. The average Bonchev–Trinajstić information content (AvgIpc) is 2.46. The second kappa shape index (κ2) is 8.04. The highest BCUT2D eigenvalue weighted by atomic mass is 16.5. The molecule has 0 aromatic heterocycles. The van der Waals surface area contributed by atoms with Gasteiger partial charge in [-0.05, 0) is 26.0 Å². The monoisotopic (exact) mass is 293 g/mol. The quantitative estimate of drug-likeness (QED) is 0.799. The molecule has 1 rings (SSSR count). The highest BCUT2D eigenvalue weighted by Gasteiger charge is 2.26. The molecule has 0 unspecified atom stereocenters. The second-order valence-corrected chi connectivity index (χ2v) is 4.66. The third kappa shape index (κ3) is 5.64. The molecule has 1 N–H and O–H groups in total. The lowest BCUT2D eigenvalue weighted by Gasteiger charge is -2.18. The molecular formula is C15H19NO5. The van der Waals surface area contributed by atoms with Crippen LogP contribution < -0.4 is 5.32 Å². The minimum Gasteiger partial charge on any atom is -0.469 e. The van der Waals surface area contributed by atoms with Crippen molar-refractivity contribution in [2.24, 2.45) is 0 Å². The third-order valence-corrected chi connectivity index (χ3v) is 2.58. The van der Waals surface area contributed by atoms with Gasteiger partial charge in [-0.1, -0.05) is 18.2 Å². The first-order chi connectivity index (χ1) is 9.93. The molecule has 1 atom stereocenters. The fourth-order valence-electron chi connectivity index (χ4n) is 1.59. The largest absolute Gasteiger partial charge is 0.469 e. The fourth-order valence-corrected chi connectivity index (χ4v) is 1.59. The van der Waals surface area contributed by atoms with Crippen LogP contribution in [0.15, 0.2) is 30.3 Å². The smallest absolute Gasteiger partial charge is 0.329 e. The van der Waals surface area contributed by atoms with Crippen LogP contribution in [0, 0.1) is 0 Å². The van der Waals surface area contributed by atoms with Crippen molar-refractivity contribution in [1.82, 2.24) is 5.32 Å². The van der Waals surface area contributed by atoms with Crippen LogP contribution in [-0.4, -0.2) is 37.1 Å². The minimum atomic E-state index is -1.08. The van der Waals surface area contributed by atoms with E-state index in [0.29, 0.717) is 5.56 Å². The van der Waals surface area contributed by atoms with Crippen molar-refractivity contribution in [2.45, 2.75) is 32.4 Å². The molecule has 0 saturated heterocycles. The van der Waals surface area contributed by atoms with Crippen LogP contribution >= 0.6 is 0 Å². The topological polar surface area (TPSA) is 81.7 Å². The van der Waals surface area contributed by atoms with Crippen LogP contribution in [0.4, 0.5) is 0 Å². The van der Waals surface area contributed by atoms with E-state index in [-0.39, 0.29) is 12.5 Å². The van der Waals surface area contributed by atoms with E-state index in [1.54, 1.807) is 44.2 Å². The number of methoxy groups -OCH3 is 1. The summed E-state index contributed by atoms with van der Waals surface area (Å²) < 4.78 is 9.56. The standard InChI is InChI=1S/C15H19NO5/c1-10(2)21-15(19)12(9-13(17)20-3)16-14(18)11-7-5-4-6-8-11/h4-8,10,12H,9H2,1-3H3,(H,16,18)/t12-/m0/s1. The number of ether oxygens (including phenoxy) is 2. The lowest BCUT2D eigenvalue weighted by atomic mass is 10.1. The first-order valence-electron chi connectivity index (χ1n) is 6.57. The average molecular weight is 293 g/mol. The summed E-state index contributed by atoms with van der Waals surface area (Å²) in [5.74, 6) is -1.72. The third-order valence-electron chi connectivity index (χ3n) is 2.58. The van der Waals surface area contributed by atoms with E-state index in [9.17, 15) is 14.4 Å². The maximum Gasteiger partial charge on any atom is 0.329 e. The van der Waals surface area contributed by atoms with Gasteiger partial charge in [-0.3, -0.25) is 9.59 Å². The molecule has 0 aliphatic heterocycles. The number of hydrogen-bond donors (Lipinski definition) is 1. The van der Waals surface area contributed by atoms with Gasteiger partial charge in [0.05, 0.1) is 19.6 Å². The Bertz CT molecular complexity index is 498. The molecule has 6 heteroatoms. The van der Waals surface area contributed by atoms with Gasteiger partial charge in [-0.2, -0.15) is 0 Å². The number of carbonyl (C=O) groups excluding carboxylic acids is 3. The summed E-state index contributed by atoms with van der Waals surface area (Å²) >= 11 is 0. The van der Waals surface area contributed by atoms with E-state index >= 15 is 0 Å². The zero-order chi connectivity index (χ0) is 15.8. The van der Waals surface area contributed by atoms with Crippen molar-refractivity contribution in [2.75, 3.05) is 7.11 Å². The maximum atomic E-state index is 12.0. The van der Waals surface area contributed by atoms with Crippen LogP contribution in [0.3, 0.4) is 0 Å². The number of benzene rings is 1. The summed E-state index contributed by atoms with van der Waals surface area (Å²) in [5.41, 5.74) is 0.393. The van der Waals surface area contributed by atoms with Crippen LogP contribution in [0.5, 0.6) is 0 Å². The Morgan fingerprint density at radius 1 is 1.14 bits per heavy atom. The number of esters is 2. The van der Waals surface area contributed by atoms with E-state index < -0.39 is 23.9 Å². The molecule has 0 aliphatic rings. The summed E-state index contributed by atoms with van der Waals surface area (Å²) in [6.07, 6.45) is -0.619. The molecule has 6 nitrogen and oxygen atoms in total. The van der Waals surface area contributed by atoms with Gasteiger partial charge in [0.15, 0.2) is 0 Å². The summed E-state index contributed by atoms with van der Waals surface area (Å²) in [7, 11) is 1.21. The molecule has 1 aromatic carbocycles.